The minimum absolute atomic E-state index is 0.0636. The summed E-state index contributed by atoms with van der Waals surface area (Å²) in [5.41, 5.74) is 2.25. The second-order valence-corrected chi connectivity index (χ2v) is 5.84. The molecule has 1 aromatic carbocycles. The van der Waals surface area contributed by atoms with Crippen molar-refractivity contribution in [3.05, 3.63) is 29.8 Å². The molecule has 0 aromatic heterocycles. The summed E-state index contributed by atoms with van der Waals surface area (Å²) >= 11 is 0. The van der Waals surface area contributed by atoms with E-state index in [1.807, 2.05) is 28.0 Å². The first-order valence-electron chi connectivity index (χ1n) is 7.51. The van der Waals surface area contributed by atoms with Crippen LogP contribution in [0.2, 0.25) is 0 Å². The van der Waals surface area contributed by atoms with Gasteiger partial charge in [-0.05, 0) is 36.8 Å². The fourth-order valence-electron chi connectivity index (χ4n) is 3.28. The third-order valence-electron chi connectivity index (χ3n) is 4.47. The van der Waals surface area contributed by atoms with Gasteiger partial charge in [-0.2, -0.15) is 0 Å². The van der Waals surface area contributed by atoms with Crippen molar-refractivity contribution in [2.24, 2.45) is 5.92 Å². The van der Waals surface area contributed by atoms with E-state index in [-0.39, 0.29) is 18.4 Å². The number of amides is 2. The summed E-state index contributed by atoms with van der Waals surface area (Å²) < 4.78 is 0. The van der Waals surface area contributed by atoms with Crippen LogP contribution in [0, 0.1) is 5.92 Å². The first-order valence-corrected chi connectivity index (χ1v) is 7.51. The predicted molar refractivity (Wildman–Crippen MR) is 79.4 cm³/mol. The maximum absolute atomic E-state index is 12.6. The van der Waals surface area contributed by atoms with Crippen molar-refractivity contribution in [2.75, 3.05) is 24.5 Å². The molecule has 0 unspecified atom stereocenters. The van der Waals surface area contributed by atoms with Gasteiger partial charge in [-0.25, -0.2) is 4.79 Å². The molecule has 1 fully saturated rings. The van der Waals surface area contributed by atoms with Gasteiger partial charge in [-0.3, -0.25) is 9.69 Å². The number of rotatable bonds is 2. The lowest BCUT2D eigenvalue weighted by Crippen LogP contribution is -2.46. The van der Waals surface area contributed by atoms with Gasteiger partial charge in [0.15, 0.2) is 0 Å². The number of nitrogens with zero attached hydrogens (tertiary/aromatic N) is 2. The van der Waals surface area contributed by atoms with Crippen molar-refractivity contribution in [3.63, 3.8) is 0 Å². The van der Waals surface area contributed by atoms with E-state index in [1.165, 1.54) is 5.56 Å². The second kappa shape index (κ2) is 5.76. The van der Waals surface area contributed by atoms with Crippen LogP contribution in [0.15, 0.2) is 24.3 Å². The zero-order valence-electron chi connectivity index (χ0n) is 12.0. The van der Waals surface area contributed by atoms with Crippen molar-refractivity contribution in [3.8, 4) is 0 Å². The molecular formula is C16H20N2O3. The molecule has 2 heterocycles. The van der Waals surface area contributed by atoms with Crippen LogP contribution in [0.5, 0.6) is 0 Å². The van der Waals surface area contributed by atoms with Crippen molar-refractivity contribution in [2.45, 2.75) is 25.7 Å². The van der Waals surface area contributed by atoms with Crippen LogP contribution in [0.3, 0.4) is 0 Å². The molecule has 0 bridgehead atoms. The standard InChI is InChI=1S/C16H20N2O3/c19-15(20)11-12-5-8-17(9-6-12)16(21)18-10-7-13-3-1-2-4-14(13)18/h1-4,12H,5-11H2,(H,19,20). The smallest absolute Gasteiger partial charge is 0.324 e. The molecule has 1 aromatic rings. The Labute approximate surface area is 124 Å². The van der Waals surface area contributed by atoms with E-state index < -0.39 is 5.97 Å². The minimum Gasteiger partial charge on any atom is -0.481 e. The fourth-order valence-corrected chi connectivity index (χ4v) is 3.28. The summed E-state index contributed by atoms with van der Waals surface area (Å²) in [5.74, 6) is -0.536. The van der Waals surface area contributed by atoms with E-state index in [1.54, 1.807) is 0 Å². The van der Waals surface area contributed by atoms with E-state index >= 15 is 0 Å². The molecule has 2 aliphatic rings. The largest absolute Gasteiger partial charge is 0.481 e. The molecule has 3 rings (SSSR count). The molecule has 0 spiro atoms. The van der Waals surface area contributed by atoms with Crippen LogP contribution in [0.25, 0.3) is 0 Å². The Morgan fingerprint density at radius 3 is 2.57 bits per heavy atom. The molecule has 5 heteroatoms. The number of para-hydroxylation sites is 1. The Hall–Kier alpha value is -2.04. The minimum atomic E-state index is -0.742. The van der Waals surface area contributed by atoms with Crippen LogP contribution in [-0.2, 0) is 11.2 Å². The highest BCUT2D eigenvalue weighted by Crippen LogP contribution is 2.29. The number of likely N-dealkylation sites (tertiary alicyclic amines) is 1. The third-order valence-corrected chi connectivity index (χ3v) is 4.47. The highest BCUT2D eigenvalue weighted by atomic mass is 16.4. The van der Waals surface area contributed by atoms with Gasteiger partial charge in [0, 0.05) is 31.7 Å². The van der Waals surface area contributed by atoms with Crippen LogP contribution in [0.1, 0.15) is 24.8 Å². The van der Waals surface area contributed by atoms with Crippen LogP contribution in [0.4, 0.5) is 10.5 Å². The Bertz CT molecular complexity index is 550. The van der Waals surface area contributed by atoms with Crippen LogP contribution < -0.4 is 4.90 Å². The van der Waals surface area contributed by atoms with Gasteiger partial charge < -0.3 is 10.0 Å². The Morgan fingerprint density at radius 2 is 1.86 bits per heavy atom. The number of fused-ring (bicyclic) bond motifs is 1. The van der Waals surface area contributed by atoms with Crippen molar-refractivity contribution >= 4 is 17.7 Å². The summed E-state index contributed by atoms with van der Waals surface area (Å²) in [6.45, 7) is 2.07. The third kappa shape index (κ3) is 2.86. The lowest BCUT2D eigenvalue weighted by Gasteiger charge is -2.34. The zero-order valence-corrected chi connectivity index (χ0v) is 12.0. The molecule has 5 nitrogen and oxygen atoms in total. The average Bonchev–Trinajstić information content (AvgIpc) is 2.90. The molecule has 112 valence electrons. The Morgan fingerprint density at radius 1 is 1.14 bits per heavy atom. The monoisotopic (exact) mass is 288 g/mol. The summed E-state index contributed by atoms with van der Waals surface area (Å²) in [7, 11) is 0. The molecule has 0 saturated carbocycles. The van der Waals surface area contributed by atoms with Gasteiger partial charge in [0.25, 0.3) is 0 Å². The molecule has 0 aliphatic carbocycles. The molecule has 2 amide bonds. The van der Waals surface area contributed by atoms with E-state index in [0.29, 0.717) is 13.1 Å². The molecular weight excluding hydrogens is 268 g/mol. The highest BCUT2D eigenvalue weighted by Gasteiger charge is 2.30. The van der Waals surface area contributed by atoms with E-state index in [4.69, 9.17) is 5.11 Å². The number of carbonyl (C=O) groups excluding carboxylic acids is 1. The molecule has 0 radical (unpaired) electrons. The Kier molecular flexibility index (Phi) is 3.82. The first kappa shape index (κ1) is 13.9. The van der Waals surface area contributed by atoms with Gasteiger partial charge >= 0.3 is 12.0 Å². The number of hydrogen-bond acceptors (Lipinski definition) is 2. The molecule has 1 saturated heterocycles. The number of piperidine rings is 1. The fraction of sp³-hybridized carbons (Fsp3) is 0.500. The number of urea groups is 1. The van der Waals surface area contributed by atoms with E-state index in [2.05, 4.69) is 6.07 Å². The summed E-state index contributed by atoms with van der Waals surface area (Å²) in [6.07, 6.45) is 2.70. The number of carboxylic acids is 1. The molecule has 21 heavy (non-hydrogen) atoms. The van der Waals surface area contributed by atoms with Gasteiger partial charge in [-0.15, -0.1) is 0 Å². The summed E-state index contributed by atoms with van der Waals surface area (Å²) in [4.78, 5) is 27.1. The summed E-state index contributed by atoms with van der Waals surface area (Å²) in [5, 5.41) is 8.83. The number of carboxylic acid groups (broad SMARTS) is 1. The number of anilines is 1. The maximum atomic E-state index is 12.6. The zero-order chi connectivity index (χ0) is 14.8. The predicted octanol–water partition coefficient (Wildman–Crippen LogP) is 2.36. The normalized spacial score (nSPS) is 18.7. The van der Waals surface area contributed by atoms with E-state index in [9.17, 15) is 9.59 Å². The number of hydrogen-bond donors (Lipinski definition) is 1. The van der Waals surface area contributed by atoms with Gasteiger partial charge in [0.2, 0.25) is 0 Å². The van der Waals surface area contributed by atoms with Gasteiger partial charge in [0.05, 0.1) is 0 Å². The quantitative estimate of drug-likeness (QED) is 0.908. The Balaban J connectivity index is 1.62. The number of aliphatic carboxylic acids is 1. The molecule has 2 aliphatic heterocycles. The number of benzene rings is 1. The lowest BCUT2D eigenvalue weighted by molar-refractivity contribution is -0.138. The molecule has 1 N–H and O–H groups in total. The molecule has 0 atom stereocenters. The van der Waals surface area contributed by atoms with Crippen molar-refractivity contribution in [1.29, 1.82) is 0 Å². The van der Waals surface area contributed by atoms with E-state index in [0.717, 1.165) is 31.5 Å². The van der Waals surface area contributed by atoms with Gasteiger partial charge in [0.1, 0.15) is 0 Å². The average molecular weight is 288 g/mol. The number of carbonyl (C=O) groups is 2. The maximum Gasteiger partial charge on any atom is 0.324 e. The first-order chi connectivity index (χ1) is 10.1. The van der Waals surface area contributed by atoms with Crippen molar-refractivity contribution in [1.82, 2.24) is 4.90 Å². The van der Waals surface area contributed by atoms with Crippen LogP contribution in [-0.4, -0.2) is 41.6 Å². The van der Waals surface area contributed by atoms with Gasteiger partial charge in [-0.1, -0.05) is 18.2 Å². The SMILES string of the molecule is O=C(O)CC1CCN(C(=O)N2CCc3ccccc32)CC1. The van der Waals surface area contributed by atoms with Crippen molar-refractivity contribution < 1.29 is 14.7 Å². The topological polar surface area (TPSA) is 60.9 Å². The van der Waals surface area contributed by atoms with Crippen LogP contribution >= 0.6 is 0 Å². The lowest BCUT2D eigenvalue weighted by atomic mass is 9.94. The highest BCUT2D eigenvalue weighted by molar-refractivity contribution is 5.94. The second-order valence-electron chi connectivity index (χ2n) is 5.84. The summed E-state index contributed by atoms with van der Waals surface area (Å²) in [6, 6.07) is 8.10.